The molecule has 1 unspecified atom stereocenters. The van der Waals surface area contributed by atoms with Crippen molar-refractivity contribution in [1.29, 1.82) is 0 Å². The van der Waals surface area contributed by atoms with Crippen molar-refractivity contribution in [2.45, 2.75) is 50.2 Å². The first kappa shape index (κ1) is 11.9. The molecule has 0 spiro atoms. The van der Waals surface area contributed by atoms with Gasteiger partial charge < -0.3 is 5.11 Å². The predicted octanol–water partition coefficient (Wildman–Crippen LogP) is 1.41. The summed E-state index contributed by atoms with van der Waals surface area (Å²) >= 11 is 0. The van der Waals surface area contributed by atoms with E-state index >= 15 is 0 Å². The fourth-order valence-electron chi connectivity index (χ4n) is 2.95. The highest BCUT2D eigenvalue weighted by molar-refractivity contribution is 5.37. The summed E-state index contributed by atoms with van der Waals surface area (Å²) < 4.78 is 0. The lowest BCUT2D eigenvalue weighted by molar-refractivity contribution is 0.180. The van der Waals surface area contributed by atoms with E-state index in [0.29, 0.717) is 0 Å². The van der Waals surface area contributed by atoms with E-state index < -0.39 is 6.23 Å². The number of nitrogens with one attached hydrogen (secondary N) is 2. The first-order valence-corrected chi connectivity index (χ1v) is 6.86. The predicted molar refractivity (Wildman–Crippen MR) is 70.3 cm³/mol. The monoisotopic (exact) mass is 247 g/mol. The first-order valence-electron chi connectivity index (χ1n) is 6.86. The van der Waals surface area contributed by atoms with Gasteiger partial charge in [0.1, 0.15) is 6.23 Å². The molecule has 2 aliphatic rings. The van der Waals surface area contributed by atoms with Crippen LogP contribution in [0.5, 0.6) is 0 Å². The summed E-state index contributed by atoms with van der Waals surface area (Å²) in [5.41, 5.74) is 4.20. The minimum absolute atomic E-state index is 0.158. The van der Waals surface area contributed by atoms with Gasteiger partial charge in [-0.1, -0.05) is 6.58 Å². The van der Waals surface area contributed by atoms with Gasteiger partial charge in [-0.05, 0) is 50.2 Å². The lowest BCUT2D eigenvalue weighted by Gasteiger charge is -2.19. The molecular weight excluding hydrogens is 226 g/mol. The van der Waals surface area contributed by atoms with E-state index in [0.717, 1.165) is 19.4 Å². The minimum Gasteiger partial charge on any atom is -0.375 e. The number of hydrogen-bond donors (Lipinski definition) is 3. The van der Waals surface area contributed by atoms with Gasteiger partial charge in [0.2, 0.25) is 0 Å². The van der Waals surface area contributed by atoms with E-state index in [1.807, 2.05) is 0 Å². The highest BCUT2D eigenvalue weighted by atomic mass is 16.3. The zero-order valence-corrected chi connectivity index (χ0v) is 10.7. The SMILES string of the molecule is C=CC(O)NCC1(c2n[nH]c3c2CCCC3)CC1. The van der Waals surface area contributed by atoms with Gasteiger partial charge in [0.25, 0.3) is 0 Å². The number of hydrogen-bond acceptors (Lipinski definition) is 3. The molecule has 4 heteroatoms. The number of H-pyrrole nitrogens is 1. The summed E-state index contributed by atoms with van der Waals surface area (Å²) in [7, 11) is 0. The quantitative estimate of drug-likeness (QED) is 0.544. The molecular formula is C14H21N3O. The van der Waals surface area contributed by atoms with Crippen molar-refractivity contribution >= 4 is 0 Å². The van der Waals surface area contributed by atoms with E-state index in [4.69, 9.17) is 0 Å². The number of fused-ring (bicyclic) bond motifs is 1. The molecule has 98 valence electrons. The van der Waals surface area contributed by atoms with E-state index in [1.54, 1.807) is 0 Å². The molecule has 0 saturated heterocycles. The number of aliphatic hydroxyl groups is 1. The molecule has 3 rings (SSSR count). The number of aliphatic hydroxyl groups excluding tert-OH is 1. The van der Waals surface area contributed by atoms with Crippen molar-refractivity contribution in [1.82, 2.24) is 15.5 Å². The second kappa shape index (κ2) is 4.52. The van der Waals surface area contributed by atoms with Crippen LogP contribution in [0.3, 0.4) is 0 Å². The summed E-state index contributed by atoms with van der Waals surface area (Å²) in [6, 6.07) is 0. The molecule has 1 aromatic heterocycles. The normalized spacial score (nSPS) is 22.3. The van der Waals surface area contributed by atoms with Gasteiger partial charge in [0.15, 0.2) is 0 Å². The number of aromatic nitrogens is 2. The van der Waals surface area contributed by atoms with Gasteiger partial charge in [-0.15, -0.1) is 0 Å². The van der Waals surface area contributed by atoms with Gasteiger partial charge in [-0.25, -0.2) is 0 Å². The van der Waals surface area contributed by atoms with Gasteiger partial charge in [-0.2, -0.15) is 5.10 Å². The van der Waals surface area contributed by atoms with Crippen molar-refractivity contribution in [3.63, 3.8) is 0 Å². The van der Waals surface area contributed by atoms with E-state index in [2.05, 4.69) is 22.1 Å². The average molecular weight is 247 g/mol. The molecule has 0 aliphatic heterocycles. The Morgan fingerprint density at radius 3 is 2.94 bits per heavy atom. The van der Waals surface area contributed by atoms with Crippen LogP contribution < -0.4 is 5.32 Å². The average Bonchev–Trinajstić information content (AvgIpc) is 3.07. The Balaban J connectivity index is 1.77. The summed E-state index contributed by atoms with van der Waals surface area (Å²) in [4.78, 5) is 0. The van der Waals surface area contributed by atoms with E-state index in [1.165, 1.54) is 48.7 Å². The molecule has 1 saturated carbocycles. The van der Waals surface area contributed by atoms with Crippen molar-refractivity contribution < 1.29 is 5.11 Å². The molecule has 1 atom stereocenters. The molecule has 0 radical (unpaired) electrons. The smallest absolute Gasteiger partial charge is 0.123 e. The third-order valence-electron chi connectivity index (χ3n) is 4.29. The fourth-order valence-corrected chi connectivity index (χ4v) is 2.95. The Morgan fingerprint density at radius 1 is 1.44 bits per heavy atom. The maximum atomic E-state index is 9.53. The third kappa shape index (κ3) is 1.99. The van der Waals surface area contributed by atoms with Crippen molar-refractivity contribution in [2.75, 3.05) is 6.54 Å². The highest BCUT2D eigenvalue weighted by Gasteiger charge is 2.48. The van der Waals surface area contributed by atoms with Gasteiger partial charge in [0, 0.05) is 17.7 Å². The van der Waals surface area contributed by atoms with Crippen LogP contribution in [-0.4, -0.2) is 28.1 Å². The molecule has 1 fully saturated rings. The highest BCUT2D eigenvalue weighted by Crippen LogP contribution is 2.49. The topological polar surface area (TPSA) is 60.9 Å². The third-order valence-corrected chi connectivity index (χ3v) is 4.29. The molecule has 1 aromatic rings. The summed E-state index contributed by atoms with van der Waals surface area (Å²) in [6.45, 7) is 4.37. The van der Waals surface area contributed by atoms with Crippen LogP contribution in [0.1, 0.15) is 42.6 Å². The van der Waals surface area contributed by atoms with Crippen molar-refractivity contribution in [3.8, 4) is 0 Å². The molecule has 1 heterocycles. The van der Waals surface area contributed by atoms with Crippen LogP contribution in [0.4, 0.5) is 0 Å². The second-order valence-electron chi connectivity index (χ2n) is 5.58. The molecule has 18 heavy (non-hydrogen) atoms. The zero-order valence-electron chi connectivity index (χ0n) is 10.7. The van der Waals surface area contributed by atoms with E-state index in [-0.39, 0.29) is 5.41 Å². The van der Waals surface area contributed by atoms with Crippen LogP contribution in [0, 0.1) is 0 Å². The Hall–Kier alpha value is -1.13. The number of rotatable bonds is 5. The molecule has 3 N–H and O–H groups in total. The molecule has 2 aliphatic carbocycles. The maximum absolute atomic E-state index is 9.53. The Bertz CT molecular complexity index is 448. The Labute approximate surface area is 107 Å². The largest absolute Gasteiger partial charge is 0.375 e. The van der Waals surface area contributed by atoms with E-state index in [9.17, 15) is 5.11 Å². The minimum atomic E-state index is -0.614. The number of nitrogens with zero attached hydrogens (tertiary/aromatic N) is 1. The van der Waals surface area contributed by atoms with Crippen LogP contribution in [0.2, 0.25) is 0 Å². The van der Waals surface area contributed by atoms with Crippen LogP contribution in [0.15, 0.2) is 12.7 Å². The maximum Gasteiger partial charge on any atom is 0.123 e. The van der Waals surface area contributed by atoms with Gasteiger partial charge >= 0.3 is 0 Å². The van der Waals surface area contributed by atoms with Crippen molar-refractivity contribution in [3.05, 3.63) is 29.6 Å². The molecule has 0 aromatic carbocycles. The van der Waals surface area contributed by atoms with Crippen LogP contribution in [-0.2, 0) is 18.3 Å². The van der Waals surface area contributed by atoms with Crippen molar-refractivity contribution in [2.24, 2.45) is 0 Å². The van der Waals surface area contributed by atoms with Crippen LogP contribution >= 0.6 is 0 Å². The summed E-state index contributed by atoms with van der Waals surface area (Å²) in [6.07, 6.45) is 8.09. The summed E-state index contributed by atoms with van der Waals surface area (Å²) in [5, 5.41) is 20.4. The lowest BCUT2D eigenvalue weighted by Crippen LogP contribution is -2.34. The number of aromatic amines is 1. The van der Waals surface area contributed by atoms with Gasteiger partial charge in [0.05, 0.1) is 5.69 Å². The molecule has 0 bridgehead atoms. The Morgan fingerprint density at radius 2 is 2.22 bits per heavy atom. The molecule has 0 amide bonds. The zero-order chi connectivity index (χ0) is 12.6. The second-order valence-corrected chi connectivity index (χ2v) is 5.58. The summed E-state index contributed by atoms with van der Waals surface area (Å²) in [5.74, 6) is 0. The fraction of sp³-hybridized carbons (Fsp3) is 0.643. The molecule has 4 nitrogen and oxygen atoms in total. The standard InChI is InChI=1S/C14H21N3O/c1-2-12(18)15-9-14(7-8-14)13-10-5-3-4-6-11(10)16-17-13/h2,12,15,18H,1,3-9H2,(H,16,17). The lowest BCUT2D eigenvalue weighted by atomic mass is 9.89. The number of aryl methyl sites for hydroxylation is 1. The van der Waals surface area contributed by atoms with Crippen LogP contribution in [0.25, 0.3) is 0 Å². The first-order chi connectivity index (χ1) is 8.75. The Kier molecular flexibility index (Phi) is 2.99. The van der Waals surface area contributed by atoms with Gasteiger partial charge in [-0.3, -0.25) is 10.4 Å².